The molecule has 1 heterocycles. The van der Waals surface area contributed by atoms with E-state index in [4.69, 9.17) is 0 Å². The Hall–Kier alpha value is -2.67. The summed E-state index contributed by atoms with van der Waals surface area (Å²) in [5, 5.41) is 5.37. The Balaban J connectivity index is 1.52. The molecule has 146 valence electrons. The molecule has 2 atom stereocenters. The summed E-state index contributed by atoms with van der Waals surface area (Å²) in [5.74, 6) is -1.10. The number of carbonyl (C=O) groups excluding carboxylic acids is 3. The predicted octanol–water partition coefficient (Wildman–Crippen LogP) is 3.11. The van der Waals surface area contributed by atoms with Crippen molar-refractivity contribution in [3.05, 3.63) is 64.6 Å². The summed E-state index contributed by atoms with van der Waals surface area (Å²) < 4.78 is 0.765. The number of hydrogen-bond donors (Lipinski definition) is 2. The lowest BCUT2D eigenvalue weighted by Gasteiger charge is -2.25. The number of rotatable bonds is 6. The van der Waals surface area contributed by atoms with E-state index in [1.807, 2.05) is 55.5 Å². The molecule has 3 amide bonds. The summed E-state index contributed by atoms with van der Waals surface area (Å²) in [6.07, 6.45) is 0.162. The van der Waals surface area contributed by atoms with Crippen LogP contribution in [0.3, 0.4) is 0 Å². The van der Waals surface area contributed by atoms with Crippen LogP contribution < -0.4 is 10.6 Å². The maximum Gasteiger partial charge on any atom is 0.243 e. The quantitative estimate of drug-likeness (QED) is 0.719. The van der Waals surface area contributed by atoms with Crippen molar-refractivity contribution < 1.29 is 14.4 Å². The summed E-state index contributed by atoms with van der Waals surface area (Å²) >= 11 is 3.36. The smallest absolute Gasteiger partial charge is 0.243 e. The van der Waals surface area contributed by atoms with Gasteiger partial charge in [-0.15, -0.1) is 0 Å². The average Bonchev–Trinajstić information content (AvgIpc) is 3.10. The van der Waals surface area contributed by atoms with Crippen molar-refractivity contribution in [2.24, 2.45) is 5.92 Å². The maximum atomic E-state index is 12.4. The maximum absolute atomic E-state index is 12.4. The minimum Gasteiger partial charge on any atom is -0.347 e. The van der Waals surface area contributed by atoms with E-state index in [0.717, 1.165) is 10.0 Å². The monoisotopic (exact) mass is 443 g/mol. The van der Waals surface area contributed by atoms with E-state index >= 15 is 0 Å². The van der Waals surface area contributed by atoms with Crippen LogP contribution in [0.1, 0.15) is 24.9 Å². The summed E-state index contributed by atoms with van der Waals surface area (Å²) in [6, 6.07) is 16.9. The van der Waals surface area contributed by atoms with Gasteiger partial charge in [-0.25, -0.2) is 0 Å². The Bertz CT molecular complexity index is 872. The number of para-hydroxylation sites is 1. The second-order valence-electron chi connectivity index (χ2n) is 6.78. The molecule has 2 aromatic rings. The molecule has 1 aliphatic rings. The van der Waals surface area contributed by atoms with Gasteiger partial charge in [0.2, 0.25) is 17.7 Å². The van der Waals surface area contributed by atoms with Crippen molar-refractivity contribution >= 4 is 39.3 Å². The van der Waals surface area contributed by atoms with Crippen molar-refractivity contribution in [1.82, 2.24) is 10.2 Å². The molecular formula is C21H22BrN3O3. The van der Waals surface area contributed by atoms with Crippen LogP contribution in [-0.2, 0) is 14.4 Å². The Morgan fingerprint density at radius 3 is 2.54 bits per heavy atom. The number of likely N-dealkylation sites (tertiary alicyclic amines) is 1. The first-order chi connectivity index (χ1) is 13.5. The number of halogens is 1. The van der Waals surface area contributed by atoms with Crippen LogP contribution in [0, 0.1) is 5.92 Å². The van der Waals surface area contributed by atoms with Crippen LogP contribution in [0.25, 0.3) is 0 Å². The zero-order valence-corrected chi connectivity index (χ0v) is 17.1. The van der Waals surface area contributed by atoms with E-state index in [0.29, 0.717) is 12.2 Å². The SMILES string of the molecule is C[C@@H](c1ccccc1)N1C[C@H](C(=O)NCC(=O)Nc2ccccc2Br)CC1=O. The number of hydrogen-bond acceptors (Lipinski definition) is 3. The summed E-state index contributed by atoms with van der Waals surface area (Å²) in [5.41, 5.74) is 1.67. The van der Waals surface area contributed by atoms with Gasteiger partial charge in [0.25, 0.3) is 0 Å². The molecule has 2 aromatic carbocycles. The lowest BCUT2D eigenvalue weighted by molar-refractivity contribution is -0.130. The van der Waals surface area contributed by atoms with Crippen LogP contribution in [0.15, 0.2) is 59.1 Å². The van der Waals surface area contributed by atoms with Crippen molar-refractivity contribution in [1.29, 1.82) is 0 Å². The van der Waals surface area contributed by atoms with E-state index in [9.17, 15) is 14.4 Å². The van der Waals surface area contributed by atoms with Gasteiger partial charge in [0.15, 0.2) is 0 Å². The molecule has 0 spiro atoms. The van der Waals surface area contributed by atoms with Crippen LogP contribution in [0.2, 0.25) is 0 Å². The first-order valence-corrected chi connectivity index (χ1v) is 9.91. The van der Waals surface area contributed by atoms with Crippen LogP contribution in [-0.4, -0.2) is 35.7 Å². The third kappa shape index (κ3) is 4.78. The van der Waals surface area contributed by atoms with Crippen molar-refractivity contribution in [2.75, 3.05) is 18.4 Å². The molecule has 1 fully saturated rings. The molecule has 1 aliphatic heterocycles. The topological polar surface area (TPSA) is 78.5 Å². The zero-order chi connectivity index (χ0) is 20.1. The fraction of sp³-hybridized carbons (Fsp3) is 0.286. The average molecular weight is 444 g/mol. The number of nitrogens with one attached hydrogen (secondary N) is 2. The second kappa shape index (κ2) is 9.01. The number of amides is 3. The lowest BCUT2D eigenvalue weighted by Crippen LogP contribution is -2.38. The van der Waals surface area contributed by atoms with Gasteiger partial charge in [-0.2, -0.15) is 0 Å². The molecule has 7 heteroatoms. The third-order valence-corrected chi connectivity index (χ3v) is 5.54. The third-order valence-electron chi connectivity index (χ3n) is 4.85. The Labute approximate surface area is 172 Å². The highest BCUT2D eigenvalue weighted by Crippen LogP contribution is 2.28. The van der Waals surface area contributed by atoms with Gasteiger partial charge in [-0.3, -0.25) is 14.4 Å². The minimum absolute atomic E-state index is 0.0471. The number of nitrogens with zero attached hydrogens (tertiary/aromatic N) is 1. The first-order valence-electron chi connectivity index (χ1n) is 9.12. The molecule has 0 aromatic heterocycles. The van der Waals surface area contributed by atoms with Crippen LogP contribution in [0.5, 0.6) is 0 Å². The van der Waals surface area contributed by atoms with Gasteiger partial charge < -0.3 is 15.5 Å². The highest BCUT2D eigenvalue weighted by Gasteiger charge is 2.37. The molecule has 3 rings (SSSR count). The molecule has 0 radical (unpaired) electrons. The Morgan fingerprint density at radius 1 is 1.14 bits per heavy atom. The van der Waals surface area contributed by atoms with Crippen molar-refractivity contribution in [3.8, 4) is 0 Å². The summed E-state index contributed by atoms with van der Waals surface area (Å²) in [6.45, 7) is 2.17. The number of benzene rings is 2. The van der Waals surface area contributed by atoms with E-state index in [1.165, 1.54) is 0 Å². The number of anilines is 1. The molecule has 1 saturated heterocycles. The fourth-order valence-electron chi connectivity index (χ4n) is 3.26. The number of carbonyl (C=O) groups is 3. The van der Waals surface area contributed by atoms with Gasteiger partial charge in [0.1, 0.15) is 0 Å². The predicted molar refractivity (Wildman–Crippen MR) is 110 cm³/mol. The zero-order valence-electron chi connectivity index (χ0n) is 15.5. The van der Waals surface area contributed by atoms with E-state index in [-0.39, 0.29) is 36.7 Å². The van der Waals surface area contributed by atoms with Crippen LogP contribution in [0.4, 0.5) is 5.69 Å². The fourth-order valence-corrected chi connectivity index (χ4v) is 3.65. The van der Waals surface area contributed by atoms with Gasteiger partial charge in [0.05, 0.1) is 24.2 Å². The Kier molecular flexibility index (Phi) is 6.46. The highest BCUT2D eigenvalue weighted by molar-refractivity contribution is 9.10. The van der Waals surface area contributed by atoms with E-state index in [2.05, 4.69) is 26.6 Å². The standard InChI is InChI=1S/C21H22BrN3O3/c1-14(15-7-3-2-4-8-15)25-13-16(11-20(25)27)21(28)23-12-19(26)24-18-10-6-5-9-17(18)22/h2-10,14,16H,11-13H2,1H3,(H,23,28)(H,24,26)/t14-,16+/m0/s1. The molecular weight excluding hydrogens is 422 g/mol. The normalized spacial score (nSPS) is 17.3. The molecule has 0 bridgehead atoms. The summed E-state index contributed by atoms with van der Waals surface area (Å²) in [4.78, 5) is 38.6. The van der Waals surface area contributed by atoms with Gasteiger partial charge in [-0.05, 0) is 40.5 Å². The molecule has 0 unspecified atom stereocenters. The van der Waals surface area contributed by atoms with Crippen LogP contribution >= 0.6 is 15.9 Å². The van der Waals surface area contributed by atoms with E-state index < -0.39 is 5.92 Å². The van der Waals surface area contributed by atoms with Gasteiger partial charge in [-0.1, -0.05) is 42.5 Å². The van der Waals surface area contributed by atoms with E-state index in [1.54, 1.807) is 11.0 Å². The molecule has 2 N–H and O–H groups in total. The molecule has 6 nitrogen and oxygen atoms in total. The molecule has 0 aliphatic carbocycles. The van der Waals surface area contributed by atoms with Crippen molar-refractivity contribution in [3.63, 3.8) is 0 Å². The first kappa shape index (κ1) is 20.1. The highest BCUT2D eigenvalue weighted by atomic mass is 79.9. The van der Waals surface area contributed by atoms with Gasteiger partial charge in [0, 0.05) is 17.4 Å². The minimum atomic E-state index is -0.449. The van der Waals surface area contributed by atoms with Crippen molar-refractivity contribution in [2.45, 2.75) is 19.4 Å². The lowest BCUT2D eigenvalue weighted by atomic mass is 10.1. The molecule has 0 saturated carbocycles. The molecule has 28 heavy (non-hydrogen) atoms. The Morgan fingerprint density at radius 2 is 1.82 bits per heavy atom. The van der Waals surface area contributed by atoms with Gasteiger partial charge >= 0.3 is 0 Å². The largest absolute Gasteiger partial charge is 0.347 e. The second-order valence-corrected chi connectivity index (χ2v) is 7.63. The summed E-state index contributed by atoms with van der Waals surface area (Å²) in [7, 11) is 0.